The maximum absolute atomic E-state index is 13.0. The van der Waals surface area contributed by atoms with Crippen LogP contribution < -0.4 is 11.1 Å². The molecule has 0 radical (unpaired) electrons. The van der Waals surface area contributed by atoms with Gasteiger partial charge in [0.05, 0.1) is 11.2 Å². The van der Waals surface area contributed by atoms with Gasteiger partial charge in [-0.3, -0.25) is 0 Å². The molecule has 1 saturated heterocycles. The van der Waals surface area contributed by atoms with Crippen molar-refractivity contribution in [3.05, 3.63) is 94.0 Å². The van der Waals surface area contributed by atoms with Gasteiger partial charge >= 0.3 is 13.2 Å². The summed E-state index contributed by atoms with van der Waals surface area (Å²) in [5.74, 6) is 0.00124. The maximum atomic E-state index is 13.0. The van der Waals surface area contributed by atoms with Gasteiger partial charge in [0.25, 0.3) is 0 Å². The number of hydrogen-bond acceptors (Lipinski definition) is 5. The molecule has 1 amide bonds. The second kappa shape index (κ2) is 10.2. The number of alkyl carbamates (subject to hydrolysis) is 1. The minimum absolute atomic E-state index is 0.00124. The van der Waals surface area contributed by atoms with Crippen molar-refractivity contribution >= 4 is 25.0 Å². The Labute approximate surface area is 231 Å². The number of anilines is 1. The highest BCUT2D eigenvalue weighted by molar-refractivity contribution is 6.56. The minimum atomic E-state index is -0.611. The first kappa shape index (κ1) is 27.0. The molecule has 3 aromatic rings. The first-order valence-corrected chi connectivity index (χ1v) is 13.5. The van der Waals surface area contributed by atoms with Crippen LogP contribution in [0.5, 0.6) is 0 Å². The van der Waals surface area contributed by atoms with Gasteiger partial charge < -0.3 is 25.1 Å². The molecule has 5 rings (SSSR count). The average Bonchev–Trinajstić information content (AvgIpc) is 3.31. The SMILES string of the molecule is Cc1cc(N)cc(C)c1C=C(CNC(=O)OCC1c2ccccc2-c2ccccc21)B1OC(C)(C)C(C)(C)O1. The van der Waals surface area contributed by atoms with Crippen LogP contribution in [0.1, 0.15) is 61.4 Å². The van der Waals surface area contributed by atoms with Crippen molar-refractivity contribution in [1.29, 1.82) is 0 Å². The highest BCUT2D eigenvalue weighted by atomic mass is 16.7. The molecule has 0 bridgehead atoms. The maximum Gasteiger partial charge on any atom is 0.492 e. The molecule has 0 saturated carbocycles. The van der Waals surface area contributed by atoms with Gasteiger partial charge in [0.1, 0.15) is 6.61 Å². The molecule has 1 heterocycles. The van der Waals surface area contributed by atoms with Gasteiger partial charge in [0, 0.05) is 18.2 Å². The van der Waals surface area contributed by atoms with E-state index in [0.29, 0.717) is 0 Å². The Morgan fingerprint density at radius 2 is 1.46 bits per heavy atom. The topological polar surface area (TPSA) is 82.8 Å². The lowest BCUT2D eigenvalue weighted by molar-refractivity contribution is 0.00578. The fourth-order valence-corrected chi connectivity index (χ4v) is 5.44. The lowest BCUT2D eigenvalue weighted by Crippen LogP contribution is -2.41. The number of carbonyl (C=O) groups excluding carboxylic acids is 1. The van der Waals surface area contributed by atoms with Crippen molar-refractivity contribution in [3.8, 4) is 11.1 Å². The molecule has 1 aliphatic heterocycles. The van der Waals surface area contributed by atoms with E-state index in [1.807, 2.05) is 84.0 Å². The molecule has 6 nitrogen and oxygen atoms in total. The Morgan fingerprint density at radius 3 is 2.00 bits per heavy atom. The molecule has 202 valence electrons. The van der Waals surface area contributed by atoms with Crippen LogP contribution in [0.4, 0.5) is 10.5 Å². The van der Waals surface area contributed by atoms with Gasteiger partial charge in [-0.05, 0) is 98.1 Å². The number of aryl methyl sites for hydroxylation is 2. The summed E-state index contributed by atoms with van der Waals surface area (Å²) in [6, 6.07) is 20.5. The lowest BCUT2D eigenvalue weighted by Gasteiger charge is -2.32. The third-order valence-corrected chi connectivity index (χ3v) is 8.28. The van der Waals surface area contributed by atoms with Crippen molar-refractivity contribution in [2.75, 3.05) is 18.9 Å². The monoisotopic (exact) mass is 524 g/mol. The number of benzene rings is 3. The highest BCUT2D eigenvalue weighted by Gasteiger charge is 2.52. The summed E-state index contributed by atoms with van der Waals surface area (Å²) in [5.41, 5.74) is 14.4. The number of fused-ring (bicyclic) bond motifs is 3. The molecule has 0 unspecified atom stereocenters. The van der Waals surface area contributed by atoms with Crippen LogP contribution in [0, 0.1) is 13.8 Å². The standard InChI is InChI=1S/C32H37BN2O4/c1-20-15-23(34)16-21(2)28(20)17-22(33-38-31(3,4)32(5,6)39-33)18-35-30(36)37-19-29-26-13-9-7-11-24(26)25-12-8-10-14-27(25)29/h7-17,29H,18-19,34H2,1-6H3,(H,35,36). The fourth-order valence-electron chi connectivity index (χ4n) is 5.44. The van der Waals surface area contributed by atoms with Gasteiger partial charge in [0.2, 0.25) is 0 Å². The summed E-state index contributed by atoms with van der Waals surface area (Å²) in [5, 5.41) is 2.94. The van der Waals surface area contributed by atoms with Crippen molar-refractivity contribution in [1.82, 2.24) is 5.32 Å². The molecule has 1 fully saturated rings. The number of nitrogen functional groups attached to an aromatic ring is 1. The zero-order valence-corrected chi connectivity index (χ0v) is 23.6. The molecule has 0 spiro atoms. The van der Waals surface area contributed by atoms with E-state index in [0.717, 1.165) is 27.9 Å². The van der Waals surface area contributed by atoms with E-state index in [2.05, 4.69) is 29.6 Å². The summed E-state index contributed by atoms with van der Waals surface area (Å²) in [4.78, 5) is 13.0. The first-order chi connectivity index (χ1) is 18.5. The summed E-state index contributed by atoms with van der Waals surface area (Å²) < 4.78 is 18.5. The van der Waals surface area contributed by atoms with E-state index >= 15 is 0 Å². The van der Waals surface area contributed by atoms with Gasteiger partial charge in [-0.2, -0.15) is 0 Å². The number of carbonyl (C=O) groups is 1. The Bertz CT molecular complexity index is 1360. The predicted octanol–water partition coefficient (Wildman–Crippen LogP) is 6.44. The molecule has 2 aliphatic rings. The second-order valence-corrected chi connectivity index (χ2v) is 11.6. The van der Waals surface area contributed by atoms with Crippen LogP contribution in [0.2, 0.25) is 0 Å². The van der Waals surface area contributed by atoms with Crippen LogP contribution in [0.3, 0.4) is 0 Å². The average molecular weight is 524 g/mol. The van der Waals surface area contributed by atoms with Crippen LogP contribution in [-0.2, 0) is 14.0 Å². The van der Waals surface area contributed by atoms with Crippen LogP contribution in [0.25, 0.3) is 17.2 Å². The molecular weight excluding hydrogens is 487 g/mol. The van der Waals surface area contributed by atoms with E-state index in [1.165, 1.54) is 22.3 Å². The van der Waals surface area contributed by atoms with Crippen LogP contribution >= 0.6 is 0 Å². The van der Waals surface area contributed by atoms with Gasteiger partial charge in [-0.15, -0.1) is 0 Å². The molecular formula is C32H37BN2O4. The third-order valence-electron chi connectivity index (χ3n) is 8.28. The minimum Gasteiger partial charge on any atom is -0.449 e. The van der Waals surface area contributed by atoms with Gasteiger partial charge in [-0.25, -0.2) is 4.79 Å². The highest BCUT2D eigenvalue weighted by Crippen LogP contribution is 2.44. The van der Waals surface area contributed by atoms with E-state index in [4.69, 9.17) is 19.8 Å². The summed E-state index contributed by atoms with van der Waals surface area (Å²) >= 11 is 0. The Kier molecular flexibility index (Phi) is 7.08. The number of nitrogens with one attached hydrogen (secondary N) is 1. The Hall–Kier alpha value is -3.55. The van der Waals surface area contributed by atoms with Crippen molar-refractivity contribution < 1.29 is 18.8 Å². The zero-order chi connectivity index (χ0) is 27.9. The lowest BCUT2D eigenvalue weighted by atomic mass is 9.76. The molecule has 3 N–H and O–H groups in total. The normalized spacial score (nSPS) is 17.6. The third kappa shape index (κ3) is 5.21. The van der Waals surface area contributed by atoms with Crippen LogP contribution in [0.15, 0.2) is 66.1 Å². The molecule has 0 aromatic heterocycles. The Morgan fingerprint density at radius 1 is 0.949 bits per heavy atom. The van der Waals surface area contributed by atoms with Crippen molar-refractivity contribution in [2.45, 2.75) is 58.7 Å². The zero-order valence-electron chi connectivity index (χ0n) is 23.6. The number of nitrogens with two attached hydrogens (primary N) is 1. The number of hydrogen-bond donors (Lipinski definition) is 2. The molecule has 0 atom stereocenters. The van der Waals surface area contributed by atoms with Gasteiger partial charge in [0.15, 0.2) is 0 Å². The molecule has 39 heavy (non-hydrogen) atoms. The van der Waals surface area contributed by atoms with Gasteiger partial charge in [-0.1, -0.05) is 54.6 Å². The molecule has 7 heteroatoms. The summed E-state index contributed by atoms with van der Waals surface area (Å²) in [6.45, 7) is 12.6. The predicted molar refractivity (Wildman–Crippen MR) is 157 cm³/mol. The fraction of sp³-hybridized carbons (Fsp3) is 0.344. The summed E-state index contributed by atoms with van der Waals surface area (Å²) in [6.07, 6.45) is 1.56. The Balaban J connectivity index is 1.33. The van der Waals surface area contributed by atoms with Crippen molar-refractivity contribution in [3.63, 3.8) is 0 Å². The summed E-state index contributed by atoms with van der Waals surface area (Å²) in [7, 11) is -0.611. The number of rotatable bonds is 6. The molecule has 1 aliphatic carbocycles. The largest absolute Gasteiger partial charge is 0.492 e. The quantitative estimate of drug-likeness (QED) is 0.287. The first-order valence-electron chi connectivity index (χ1n) is 13.5. The molecule has 3 aromatic carbocycles. The van der Waals surface area contributed by atoms with Crippen LogP contribution in [-0.4, -0.2) is 37.6 Å². The van der Waals surface area contributed by atoms with E-state index in [-0.39, 0.29) is 19.1 Å². The van der Waals surface area contributed by atoms with E-state index < -0.39 is 24.4 Å². The van der Waals surface area contributed by atoms with Crippen molar-refractivity contribution in [2.24, 2.45) is 0 Å². The van der Waals surface area contributed by atoms with E-state index in [1.54, 1.807) is 0 Å². The van der Waals surface area contributed by atoms with E-state index in [9.17, 15) is 4.79 Å². The smallest absolute Gasteiger partial charge is 0.449 e. The number of ether oxygens (including phenoxy) is 1. The second-order valence-electron chi connectivity index (χ2n) is 11.6. The number of amides is 1.